The summed E-state index contributed by atoms with van der Waals surface area (Å²) in [4.78, 5) is 10.4. The molecule has 0 aliphatic rings. The van der Waals surface area contributed by atoms with Crippen LogP contribution in [0.2, 0.25) is 5.02 Å². The first-order chi connectivity index (χ1) is 8.11. The summed E-state index contributed by atoms with van der Waals surface area (Å²) >= 11 is 5.84. The van der Waals surface area contributed by atoms with Crippen molar-refractivity contribution in [2.75, 3.05) is 13.1 Å². The number of benzene rings is 1. The predicted octanol–water partition coefficient (Wildman–Crippen LogP) is 2.17. The first-order valence-corrected chi connectivity index (χ1v) is 5.84. The Morgan fingerprint density at radius 2 is 2.35 bits per heavy atom. The zero-order chi connectivity index (χ0) is 12.7. The molecule has 5 heteroatoms. The third kappa shape index (κ3) is 5.56. The topological polar surface area (TPSA) is 58.6 Å². The Hall–Kier alpha value is -1.26. The maximum Gasteiger partial charge on any atom is 0.317 e. The number of aliphatic carboxylic acids is 1. The minimum atomic E-state index is -0.873. The molecule has 0 saturated heterocycles. The van der Waals surface area contributed by atoms with Gasteiger partial charge in [-0.1, -0.05) is 24.6 Å². The second kappa shape index (κ2) is 7.14. The van der Waals surface area contributed by atoms with Crippen molar-refractivity contribution in [3.63, 3.8) is 0 Å². The Kier molecular flexibility index (Phi) is 5.80. The van der Waals surface area contributed by atoms with E-state index in [0.29, 0.717) is 17.3 Å². The number of rotatable bonds is 7. The fourth-order valence-electron chi connectivity index (χ4n) is 1.34. The van der Waals surface area contributed by atoms with Gasteiger partial charge in [0.05, 0.1) is 6.54 Å². The van der Waals surface area contributed by atoms with Crippen LogP contribution in [0, 0.1) is 0 Å². The second-order valence-electron chi connectivity index (χ2n) is 3.63. The molecule has 0 aliphatic heterocycles. The number of carbonyl (C=O) groups is 1. The lowest BCUT2D eigenvalue weighted by molar-refractivity contribution is -0.136. The summed E-state index contributed by atoms with van der Waals surface area (Å²) in [5, 5.41) is 11.9. The van der Waals surface area contributed by atoms with Crippen LogP contribution in [0.15, 0.2) is 24.3 Å². The molecule has 0 aliphatic carbocycles. The summed E-state index contributed by atoms with van der Waals surface area (Å²) in [6.07, 6.45) is 0.729. The molecular formula is C12H16ClNO3. The van der Waals surface area contributed by atoms with Gasteiger partial charge < -0.3 is 15.2 Å². The highest BCUT2D eigenvalue weighted by Gasteiger charge is 2.08. The van der Waals surface area contributed by atoms with Crippen molar-refractivity contribution >= 4 is 17.6 Å². The van der Waals surface area contributed by atoms with Crippen molar-refractivity contribution in [3.8, 4) is 5.75 Å². The van der Waals surface area contributed by atoms with Gasteiger partial charge in [-0.3, -0.25) is 4.79 Å². The van der Waals surface area contributed by atoms with E-state index in [1.807, 2.05) is 19.1 Å². The van der Waals surface area contributed by atoms with Gasteiger partial charge in [0.2, 0.25) is 0 Å². The normalized spacial score (nSPS) is 12.1. The van der Waals surface area contributed by atoms with Crippen molar-refractivity contribution in [2.45, 2.75) is 19.4 Å². The third-order valence-electron chi connectivity index (χ3n) is 2.20. The predicted molar refractivity (Wildman–Crippen MR) is 66.7 cm³/mol. The quantitative estimate of drug-likeness (QED) is 0.786. The van der Waals surface area contributed by atoms with E-state index in [0.717, 1.165) is 6.42 Å². The average molecular weight is 258 g/mol. The molecule has 4 nitrogen and oxygen atoms in total. The fraction of sp³-hybridized carbons (Fsp3) is 0.417. The molecule has 1 aromatic rings. The van der Waals surface area contributed by atoms with Gasteiger partial charge in [0.15, 0.2) is 0 Å². The van der Waals surface area contributed by atoms with Gasteiger partial charge in [-0.25, -0.2) is 0 Å². The SMILES string of the molecule is CCC(CNCC(=O)O)Oc1cccc(Cl)c1. The van der Waals surface area contributed by atoms with Crippen LogP contribution in [0.3, 0.4) is 0 Å². The number of carboxylic acids is 1. The maximum atomic E-state index is 10.4. The molecule has 0 saturated carbocycles. The van der Waals surface area contributed by atoms with Crippen LogP contribution >= 0.6 is 11.6 Å². The summed E-state index contributed by atoms with van der Waals surface area (Å²) < 4.78 is 5.69. The lowest BCUT2D eigenvalue weighted by Crippen LogP contribution is -2.34. The molecule has 2 N–H and O–H groups in total. The Morgan fingerprint density at radius 1 is 1.59 bits per heavy atom. The second-order valence-corrected chi connectivity index (χ2v) is 4.07. The average Bonchev–Trinajstić information content (AvgIpc) is 2.27. The van der Waals surface area contributed by atoms with Crippen molar-refractivity contribution < 1.29 is 14.6 Å². The Balaban J connectivity index is 2.43. The van der Waals surface area contributed by atoms with Crippen molar-refractivity contribution in [1.82, 2.24) is 5.32 Å². The molecule has 0 heterocycles. The van der Waals surface area contributed by atoms with Gasteiger partial charge in [-0.15, -0.1) is 0 Å². The van der Waals surface area contributed by atoms with Crippen LogP contribution in [0.1, 0.15) is 13.3 Å². The Morgan fingerprint density at radius 3 is 2.94 bits per heavy atom. The van der Waals surface area contributed by atoms with Crippen molar-refractivity contribution in [1.29, 1.82) is 0 Å². The van der Waals surface area contributed by atoms with Gasteiger partial charge in [-0.05, 0) is 24.6 Å². The van der Waals surface area contributed by atoms with Crippen molar-refractivity contribution in [3.05, 3.63) is 29.3 Å². The number of hydrogen-bond donors (Lipinski definition) is 2. The zero-order valence-electron chi connectivity index (χ0n) is 9.65. The lowest BCUT2D eigenvalue weighted by atomic mass is 10.2. The highest BCUT2D eigenvalue weighted by Crippen LogP contribution is 2.18. The first kappa shape index (κ1) is 13.8. The minimum Gasteiger partial charge on any atom is -0.489 e. The molecule has 0 bridgehead atoms. The number of halogens is 1. The highest BCUT2D eigenvalue weighted by atomic mass is 35.5. The molecular weight excluding hydrogens is 242 g/mol. The van der Waals surface area contributed by atoms with Gasteiger partial charge in [0, 0.05) is 11.6 Å². The standard InChI is InChI=1S/C12H16ClNO3/c1-2-10(7-14-8-12(15)16)17-11-5-3-4-9(13)6-11/h3-6,10,14H,2,7-8H2,1H3,(H,15,16). The summed E-state index contributed by atoms with van der Waals surface area (Å²) in [6, 6.07) is 7.15. The van der Waals surface area contributed by atoms with Gasteiger partial charge in [0.25, 0.3) is 0 Å². The molecule has 0 radical (unpaired) electrons. The van der Waals surface area contributed by atoms with E-state index in [1.54, 1.807) is 12.1 Å². The molecule has 1 rings (SSSR count). The van der Waals surface area contributed by atoms with Gasteiger partial charge in [0.1, 0.15) is 11.9 Å². The largest absolute Gasteiger partial charge is 0.489 e. The summed E-state index contributed by atoms with van der Waals surface area (Å²) in [5.74, 6) is -0.177. The van der Waals surface area contributed by atoms with E-state index in [9.17, 15) is 4.79 Å². The molecule has 0 fully saturated rings. The van der Waals surface area contributed by atoms with Crippen LogP contribution in [-0.2, 0) is 4.79 Å². The number of hydrogen-bond acceptors (Lipinski definition) is 3. The fourth-order valence-corrected chi connectivity index (χ4v) is 1.52. The molecule has 17 heavy (non-hydrogen) atoms. The van der Waals surface area contributed by atoms with E-state index in [4.69, 9.17) is 21.4 Å². The van der Waals surface area contributed by atoms with Crippen LogP contribution in [-0.4, -0.2) is 30.3 Å². The summed E-state index contributed by atoms with van der Waals surface area (Å²) in [7, 11) is 0. The smallest absolute Gasteiger partial charge is 0.317 e. The Bertz CT molecular complexity index is 371. The summed E-state index contributed by atoms with van der Waals surface area (Å²) in [5.41, 5.74) is 0. The molecule has 1 atom stereocenters. The van der Waals surface area contributed by atoms with E-state index in [1.165, 1.54) is 0 Å². The first-order valence-electron chi connectivity index (χ1n) is 5.46. The monoisotopic (exact) mass is 257 g/mol. The number of nitrogens with one attached hydrogen (secondary N) is 1. The van der Waals surface area contributed by atoms with Crippen LogP contribution in [0.5, 0.6) is 5.75 Å². The zero-order valence-corrected chi connectivity index (χ0v) is 10.4. The maximum absolute atomic E-state index is 10.4. The molecule has 0 spiro atoms. The third-order valence-corrected chi connectivity index (χ3v) is 2.44. The minimum absolute atomic E-state index is 0.0601. The van der Waals surface area contributed by atoms with E-state index in [-0.39, 0.29) is 12.6 Å². The van der Waals surface area contributed by atoms with Gasteiger partial charge >= 0.3 is 5.97 Å². The molecule has 0 amide bonds. The Labute approximate surface area is 106 Å². The van der Waals surface area contributed by atoms with E-state index in [2.05, 4.69) is 5.32 Å². The molecule has 1 unspecified atom stereocenters. The molecule has 0 aromatic heterocycles. The van der Waals surface area contributed by atoms with Crippen LogP contribution in [0.4, 0.5) is 0 Å². The van der Waals surface area contributed by atoms with Gasteiger partial charge in [-0.2, -0.15) is 0 Å². The lowest BCUT2D eigenvalue weighted by Gasteiger charge is -2.17. The van der Waals surface area contributed by atoms with Crippen LogP contribution in [0.25, 0.3) is 0 Å². The number of ether oxygens (including phenoxy) is 1. The van der Waals surface area contributed by atoms with E-state index < -0.39 is 5.97 Å². The van der Waals surface area contributed by atoms with Crippen molar-refractivity contribution in [2.24, 2.45) is 0 Å². The van der Waals surface area contributed by atoms with E-state index >= 15 is 0 Å². The highest BCUT2D eigenvalue weighted by molar-refractivity contribution is 6.30. The van der Waals surface area contributed by atoms with Crippen LogP contribution < -0.4 is 10.1 Å². The molecule has 1 aromatic carbocycles. The summed E-state index contributed by atoms with van der Waals surface area (Å²) in [6.45, 7) is 2.42. The molecule has 94 valence electrons. The number of carboxylic acid groups (broad SMARTS) is 1.